The predicted molar refractivity (Wildman–Crippen MR) is 66.8 cm³/mol. The minimum Gasteiger partial charge on any atom is -0.366 e. The second-order valence-electron chi connectivity index (χ2n) is 4.83. The van der Waals surface area contributed by atoms with Crippen molar-refractivity contribution >= 4 is 5.69 Å². The van der Waals surface area contributed by atoms with Gasteiger partial charge in [-0.3, -0.25) is 4.68 Å². The van der Waals surface area contributed by atoms with Crippen molar-refractivity contribution in [1.29, 1.82) is 0 Å². The zero-order chi connectivity index (χ0) is 11.7. The van der Waals surface area contributed by atoms with Crippen molar-refractivity contribution in [3.63, 3.8) is 0 Å². The van der Waals surface area contributed by atoms with Crippen LogP contribution in [0.2, 0.25) is 0 Å². The Balaban J connectivity index is 2.14. The molecule has 1 aromatic rings. The molecule has 0 amide bonds. The Hall–Kier alpha value is -1.03. The quantitative estimate of drug-likeness (QED) is 0.819. The summed E-state index contributed by atoms with van der Waals surface area (Å²) in [4.78, 5) is 2.48. The summed E-state index contributed by atoms with van der Waals surface area (Å²) in [7, 11) is 4.05. The zero-order valence-electron chi connectivity index (χ0n) is 10.7. The molecule has 90 valence electrons. The maximum Gasteiger partial charge on any atom is 0.0827 e. The van der Waals surface area contributed by atoms with E-state index in [-0.39, 0.29) is 0 Å². The number of anilines is 1. The molecule has 1 aliphatic heterocycles. The number of hydrogen-bond acceptors (Lipinski definition) is 3. The SMILES string of the molecule is CNC1CCN(c2cn(C)nc2C)C(C)C1. The van der Waals surface area contributed by atoms with E-state index >= 15 is 0 Å². The average Bonchev–Trinajstić information content (AvgIpc) is 2.57. The fourth-order valence-electron chi connectivity index (χ4n) is 2.66. The molecule has 4 nitrogen and oxygen atoms in total. The van der Waals surface area contributed by atoms with Crippen LogP contribution in [0.3, 0.4) is 0 Å². The molecule has 2 rings (SSSR count). The van der Waals surface area contributed by atoms with E-state index in [0.717, 1.165) is 12.2 Å². The lowest BCUT2D eigenvalue weighted by Gasteiger charge is -2.38. The monoisotopic (exact) mass is 222 g/mol. The van der Waals surface area contributed by atoms with Crippen LogP contribution >= 0.6 is 0 Å². The standard InChI is InChI=1S/C12H22N4/c1-9-7-11(13-3)5-6-16(9)12-8-15(4)14-10(12)2/h8-9,11,13H,5-7H2,1-4H3. The van der Waals surface area contributed by atoms with Gasteiger partial charge >= 0.3 is 0 Å². The Kier molecular flexibility index (Phi) is 3.19. The van der Waals surface area contributed by atoms with E-state index in [1.807, 2.05) is 11.7 Å². The maximum absolute atomic E-state index is 4.42. The predicted octanol–water partition coefficient (Wildman–Crippen LogP) is 1.31. The first kappa shape index (κ1) is 11.5. The third-order valence-corrected chi connectivity index (χ3v) is 3.58. The van der Waals surface area contributed by atoms with Crippen molar-refractivity contribution in [3.8, 4) is 0 Å². The van der Waals surface area contributed by atoms with Crippen LogP contribution in [0, 0.1) is 6.92 Å². The summed E-state index contributed by atoms with van der Waals surface area (Å²) in [6.45, 7) is 5.52. The summed E-state index contributed by atoms with van der Waals surface area (Å²) in [5.41, 5.74) is 2.43. The molecule has 2 heterocycles. The second kappa shape index (κ2) is 4.45. The van der Waals surface area contributed by atoms with Gasteiger partial charge in [-0.25, -0.2) is 0 Å². The molecule has 16 heavy (non-hydrogen) atoms. The van der Waals surface area contributed by atoms with Gasteiger partial charge < -0.3 is 10.2 Å². The van der Waals surface area contributed by atoms with Crippen LogP contribution in [0.1, 0.15) is 25.5 Å². The van der Waals surface area contributed by atoms with Crippen molar-refractivity contribution in [2.45, 2.75) is 38.8 Å². The highest BCUT2D eigenvalue weighted by molar-refractivity contribution is 5.50. The molecule has 0 aromatic carbocycles. The molecule has 4 heteroatoms. The molecule has 0 bridgehead atoms. The Morgan fingerprint density at radius 1 is 1.50 bits per heavy atom. The highest BCUT2D eigenvalue weighted by Crippen LogP contribution is 2.26. The molecule has 0 aliphatic carbocycles. The molecule has 0 saturated carbocycles. The molecular formula is C12H22N4. The van der Waals surface area contributed by atoms with Crippen molar-refractivity contribution in [2.24, 2.45) is 7.05 Å². The Labute approximate surface area is 97.6 Å². The summed E-state index contributed by atoms with van der Waals surface area (Å²) >= 11 is 0. The van der Waals surface area contributed by atoms with Crippen LogP contribution in [0.15, 0.2) is 6.20 Å². The van der Waals surface area contributed by atoms with E-state index in [9.17, 15) is 0 Å². The third-order valence-electron chi connectivity index (χ3n) is 3.58. The first-order valence-corrected chi connectivity index (χ1v) is 6.06. The molecule has 1 aromatic heterocycles. The van der Waals surface area contributed by atoms with E-state index in [1.165, 1.54) is 18.5 Å². The summed E-state index contributed by atoms with van der Waals surface area (Å²) in [5.74, 6) is 0. The number of nitrogens with one attached hydrogen (secondary N) is 1. The van der Waals surface area contributed by atoms with E-state index in [2.05, 4.69) is 42.4 Å². The van der Waals surface area contributed by atoms with Gasteiger partial charge in [0.1, 0.15) is 0 Å². The molecule has 1 fully saturated rings. The number of aromatic nitrogens is 2. The van der Waals surface area contributed by atoms with Crippen LogP contribution in [0.5, 0.6) is 0 Å². The molecule has 2 atom stereocenters. The minimum absolute atomic E-state index is 0.592. The van der Waals surface area contributed by atoms with Crippen molar-refractivity contribution in [2.75, 3.05) is 18.5 Å². The van der Waals surface area contributed by atoms with Crippen molar-refractivity contribution < 1.29 is 0 Å². The van der Waals surface area contributed by atoms with E-state index in [4.69, 9.17) is 0 Å². The van der Waals surface area contributed by atoms with Crippen LogP contribution in [-0.2, 0) is 7.05 Å². The molecule has 0 radical (unpaired) electrons. The molecule has 1 saturated heterocycles. The van der Waals surface area contributed by atoms with Gasteiger partial charge in [0.25, 0.3) is 0 Å². The van der Waals surface area contributed by atoms with Crippen molar-refractivity contribution in [1.82, 2.24) is 15.1 Å². The van der Waals surface area contributed by atoms with Crippen LogP contribution in [-0.4, -0.2) is 35.5 Å². The van der Waals surface area contributed by atoms with Crippen LogP contribution in [0.4, 0.5) is 5.69 Å². The molecule has 2 unspecified atom stereocenters. The normalized spacial score (nSPS) is 26.1. The number of hydrogen-bond donors (Lipinski definition) is 1. The Morgan fingerprint density at radius 3 is 2.75 bits per heavy atom. The van der Waals surface area contributed by atoms with Gasteiger partial charge in [0.05, 0.1) is 11.4 Å². The van der Waals surface area contributed by atoms with E-state index < -0.39 is 0 Å². The lowest BCUT2D eigenvalue weighted by molar-refractivity contribution is 0.387. The molecule has 1 aliphatic rings. The molecule has 1 N–H and O–H groups in total. The Morgan fingerprint density at radius 2 is 2.25 bits per heavy atom. The maximum atomic E-state index is 4.42. The van der Waals surface area contributed by atoms with E-state index in [1.54, 1.807) is 0 Å². The highest BCUT2D eigenvalue weighted by Gasteiger charge is 2.26. The number of aryl methyl sites for hydroxylation is 2. The Bertz CT molecular complexity index is 358. The van der Waals surface area contributed by atoms with Crippen LogP contribution < -0.4 is 10.2 Å². The zero-order valence-corrected chi connectivity index (χ0v) is 10.7. The molecule has 0 spiro atoms. The second-order valence-corrected chi connectivity index (χ2v) is 4.83. The van der Waals surface area contributed by atoms with Gasteiger partial charge in [-0.1, -0.05) is 0 Å². The lowest BCUT2D eigenvalue weighted by atomic mass is 9.98. The van der Waals surface area contributed by atoms with Gasteiger partial charge in [0.2, 0.25) is 0 Å². The van der Waals surface area contributed by atoms with Gasteiger partial charge in [-0.2, -0.15) is 5.10 Å². The highest BCUT2D eigenvalue weighted by atomic mass is 15.3. The third kappa shape index (κ3) is 2.07. The average molecular weight is 222 g/mol. The van der Waals surface area contributed by atoms with Gasteiger partial charge in [-0.15, -0.1) is 0 Å². The summed E-state index contributed by atoms with van der Waals surface area (Å²) in [6, 6.07) is 1.26. The van der Waals surface area contributed by atoms with Crippen LogP contribution in [0.25, 0.3) is 0 Å². The topological polar surface area (TPSA) is 33.1 Å². The lowest BCUT2D eigenvalue weighted by Crippen LogP contribution is -2.46. The van der Waals surface area contributed by atoms with Gasteiger partial charge in [-0.05, 0) is 33.7 Å². The van der Waals surface area contributed by atoms with Gasteiger partial charge in [0, 0.05) is 31.9 Å². The smallest absolute Gasteiger partial charge is 0.0827 e. The first-order valence-electron chi connectivity index (χ1n) is 6.06. The fourth-order valence-corrected chi connectivity index (χ4v) is 2.66. The van der Waals surface area contributed by atoms with Crippen molar-refractivity contribution in [3.05, 3.63) is 11.9 Å². The number of rotatable bonds is 2. The summed E-state index contributed by atoms with van der Waals surface area (Å²) in [5, 5.41) is 7.80. The summed E-state index contributed by atoms with van der Waals surface area (Å²) in [6.07, 6.45) is 4.56. The number of nitrogens with zero attached hydrogens (tertiary/aromatic N) is 3. The molecular weight excluding hydrogens is 200 g/mol. The minimum atomic E-state index is 0.592. The van der Waals surface area contributed by atoms with E-state index in [0.29, 0.717) is 12.1 Å². The first-order chi connectivity index (χ1) is 7.61. The summed E-state index contributed by atoms with van der Waals surface area (Å²) < 4.78 is 1.90. The largest absolute Gasteiger partial charge is 0.366 e. The fraction of sp³-hybridized carbons (Fsp3) is 0.750. The number of piperidine rings is 1. The van der Waals surface area contributed by atoms with Gasteiger partial charge in [0.15, 0.2) is 0 Å².